The first kappa shape index (κ1) is 27.1. The normalized spacial score (nSPS) is 35.4. The molecule has 0 saturated heterocycles. The number of hydrogen-bond acceptors (Lipinski definition) is 4. The Balaban J connectivity index is 1.65. The highest BCUT2D eigenvalue weighted by atomic mass is 16.3. The molecule has 3 saturated carbocycles. The van der Waals surface area contributed by atoms with E-state index in [1.165, 1.54) is 31.3 Å². The van der Waals surface area contributed by atoms with Gasteiger partial charge in [-0.15, -0.1) is 0 Å². The molecular weight excluding hydrogens is 424 g/mol. The maximum absolute atomic E-state index is 12.5. The van der Waals surface area contributed by atoms with Crippen molar-refractivity contribution in [2.75, 3.05) is 0 Å². The molecule has 190 valence electrons. The Morgan fingerprint density at radius 1 is 1.21 bits per heavy atom. The number of ketones is 2. The highest BCUT2D eigenvalue weighted by molar-refractivity contribution is 6.01. The van der Waals surface area contributed by atoms with Crippen molar-refractivity contribution in [3.8, 4) is 0 Å². The molecule has 0 unspecified atom stereocenters. The van der Waals surface area contributed by atoms with E-state index in [1.54, 1.807) is 0 Å². The summed E-state index contributed by atoms with van der Waals surface area (Å²) in [6.07, 6.45) is 11.4. The lowest BCUT2D eigenvalue weighted by atomic mass is 9.60. The van der Waals surface area contributed by atoms with Gasteiger partial charge < -0.3 is 10.2 Å². The van der Waals surface area contributed by atoms with Gasteiger partial charge in [-0.1, -0.05) is 58.9 Å². The molecule has 0 bridgehead atoms. The molecule has 0 aliphatic heterocycles. The molecule has 0 aromatic heterocycles. The van der Waals surface area contributed by atoms with E-state index in [2.05, 4.69) is 32.6 Å². The van der Waals surface area contributed by atoms with Gasteiger partial charge in [0.2, 0.25) is 0 Å². The zero-order chi connectivity index (χ0) is 25.3. The summed E-state index contributed by atoms with van der Waals surface area (Å²) < 4.78 is 0. The van der Waals surface area contributed by atoms with Crippen LogP contribution in [0, 0.1) is 28.6 Å². The Labute approximate surface area is 206 Å². The maximum Gasteiger partial charge on any atom is 0.145 e. The van der Waals surface area contributed by atoms with E-state index >= 15 is 0 Å². The van der Waals surface area contributed by atoms with Crippen molar-refractivity contribution < 1.29 is 19.8 Å². The van der Waals surface area contributed by atoms with Crippen molar-refractivity contribution in [3.05, 3.63) is 35.5 Å². The number of aliphatic hydroxyl groups is 2. The van der Waals surface area contributed by atoms with Crippen molar-refractivity contribution in [2.24, 2.45) is 28.6 Å². The van der Waals surface area contributed by atoms with Crippen LogP contribution in [-0.2, 0) is 9.59 Å². The van der Waals surface area contributed by atoms with Gasteiger partial charge in [0.15, 0.2) is 0 Å². The second-order valence-corrected chi connectivity index (χ2v) is 12.6. The Kier molecular flexibility index (Phi) is 8.46. The van der Waals surface area contributed by atoms with Crippen LogP contribution in [0.1, 0.15) is 98.8 Å². The Morgan fingerprint density at radius 2 is 1.91 bits per heavy atom. The molecule has 3 aliphatic rings. The number of fused-ring (bicyclic) bond motifs is 1. The van der Waals surface area contributed by atoms with E-state index in [4.69, 9.17) is 0 Å². The van der Waals surface area contributed by atoms with Gasteiger partial charge in [-0.25, -0.2) is 0 Å². The molecule has 0 amide bonds. The average molecular weight is 471 g/mol. The summed E-state index contributed by atoms with van der Waals surface area (Å²) in [6, 6.07) is 0. The number of rotatable bonds is 7. The maximum atomic E-state index is 12.5. The second-order valence-electron chi connectivity index (χ2n) is 12.6. The third-order valence-corrected chi connectivity index (χ3v) is 9.06. The van der Waals surface area contributed by atoms with Crippen LogP contribution in [0.15, 0.2) is 35.5 Å². The summed E-state index contributed by atoms with van der Waals surface area (Å²) in [5.41, 5.74) is 3.00. The predicted molar refractivity (Wildman–Crippen MR) is 137 cm³/mol. The molecule has 3 aliphatic carbocycles. The van der Waals surface area contributed by atoms with Crippen LogP contribution < -0.4 is 0 Å². The topological polar surface area (TPSA) is 74.6 Å². The Hall–Kier alpha value is -1.52. The summed E-state index contributed by atoms with van der Waals surface area (Å²) in [6.45, 7) is 14.4. The van der Waals surface area contributed by atoms with E-state index in [9.17, 15) is 19.8 Å². The summed E-state index contributed by atoms with van der Waals surface area (Å²) in [5.74, 6) is 1.72. The van der Waals surface area contributed by atoms with Crippen molar-refractivity contribution in [3.63, 3.8) is 0 Å². The third kappa shape index (κ3) is 5.99. The molecule has 34 heavy (non-hydrogen) atoms. The lowest BCUT2D eigenvalue weighted by Gasteiger charge is -2.44. The van der Waals surface area contributed by atoms with Crippen LogP contribution in [-0.4, -0.2) is 34.0 Å². The summed E-state index contributed by atoms with van der Waals surface area (Å²) in [5, 5.41) is 20.2. The van der Waals surface area contributed by atoms with Gasteiger partial charge in [-0.05, 0) is 79.3 Å². The molecule has 0 spiro atoms. The minimum atomic E-state index is -0.650. The van der Waals surface area contributed by atoms with Crippen molar-refractivity contribution in [1.29, 1.82) is 0 Å². The standard InChI is InChI=1S/C30H46O4/c1-19(9-12-23(31)18-28(34)29(3,4)5)25-13-14-26-21(8-7-15-30(25,26)6)10-11-22-16-24(32)17-27(33)20(22)2/h10-11,19,24-27,32-33H,2,7-9,12-18H2,1,3-6H3/b21-10+,22-11-/t19-,24-,25-,26+,27+,30-/m1/s1. The highest BCUT2D eigenvalue weighted by Gasteiger charge is 2.50. The SMILES string of the molecule is C=C1/C(=C\C=C2/CCC[C@]3(C)[C@@H]([C@H](C)CCC(=O)CC(=O)C(C)(C)C)CC[C@@H]23)C[C@@H](O)C[C@@H]1O. The number of allylic oxidation sites excluding steroid dienone is 3. The molecule has 0 aromatic rings. The monoisotopic (exact) mass is 470 g/mol. The van der Waals surface area contributed by atoms with Crippen LogP contribution in [0.3, 0.4) is 0 Å². The van der Waals surface area contributed by atoms with Gasteiger partial charge in [-0.2, -0.15) is 0 Å². The van der Waals surface area contributed by atoms with E-state index in [-0.39, 0.29) is 23.4 Å². The quantitative estimate of drug-likeness (QED) is 0.440. The minimum absolute atomic E-state index is 0.0370. The van der Waals surface area contributed by atoms with Crippen LogP contribution in [0.5, 0.6) is 0 Å². The summed E-state index contributed by atoms with van der Waals surface area (Å²) in [4.78, 5) is 24.7. The number of hydrogen-bond donors (Lipinski definition) is 2. The fourth-order valence-corrected chi connectivity index (χ4v) is 6.80. The number of aliphatic hydroxyl groups excluding tert-OH is 2. The lowest BCUT2D eigenvalue weighted by Crippen LogP contribution is -2.36. The zero-order valence-electron chi connectivity index (χ0n) is 22.0. The van der Waals surface area contributed by atoms with Crippen molar-refractivity contribution in [1.82, 2.24) is 0 Å². The van der Waals surface area contributed by atoms with E-state index < -0.39 is 17.6 Å². The number of carbonyl (C=O) groups excluding carboxylic acids is 2. The first-order valence-electron chi connectivity index (χ1n) is 13.3. The lowest BCUT2D eigenvalue weighted by molar-refractivity contribution is -0.131. The van der Waals surface area contributed by atoms with E-state index in [1.807, 2.05) is 20.8 Å². The second kappa shape index (κ2) is 10.6. The predicted octanol–water partition coefficient (Wildman–Crippen LogP) is 6.12. The van der Waals surface area contributed by atoms with Crippen molar-refractivity contribution >= 4 is 11.6 Å². The molecule has 0 aromatic carbocycles. The average Bonchev–Trinajstić information content (AvgIpc) is 3.10. The first-order valence-corrected chi connectivity index (χ1v) is 13.3. The van der Waals surface area contributed by atoms with Gasteiger partial charge in [0.25, 0.3) is 0 Å². The fourth-order valence-electron chi connectivity index (χ4n) is 6.80. The molecule has 0 radical (unpaired) electrons. The molecule has 2 N–H and O–H groups in total. The Morgan fingerprint density at radius 3 is 2.59 bits per heavy atom. The molecular formula is C30H46O4. The molecule has 4 nitrogen and oxygen atoms in total. The van der Waals surface area contributed by atoms with Crippen LogP contribution >= 0.6 is 0 Å². The van der Waals surface area contributed by atoms with Gasteiger partial charge in [0.1, 0.15) is 11.6 Å². The van der Waals surface area contributed by atoms with Gasteiger partial charge in [-0.3, -0.25) is 9.59 Å². The van der Waals surface area contributed by atoms with Gasteiger partial charge in [0, 0.05) is 18.3 Å². The first-order chi connectivity index (χ1) is 15.8. The minimum Gasteiger partial charge on any atom is -0.393 e. The van der Waals surface area contributed by atoms with Gasteiger partial charge in [0.05, 0.1) is 18.6 Å². The number of Topliss-reactive ketones (excluding diaryl/α,β-unsaturated/α-hetero) is 2. The molecule has 3 fully saturated rings. The van der Waals surface area contributed by atoms with Crippen LogP contribution in [0.4, 0.5) is 0 Å². The zero-order valence-corrected chi connectivity index (χ0v) is 22.0. The largest absolute Gasteiger partial charge is 0.393 e. The third-order valence-electron chi connectivity index (χ3n) is 9.06. The number of carbonyl (C=O) groups is 2. The summed E-state index contributed by atoms with van der Waals surface area (Å²) in [7, 11) is 0. The van der Waals surface area contributed by atoms with Crippen molar-refractivity contribution in [2.45, 2.75) is 111 Å². The van der Waals surface area contributed by atoms with E-state index in [0.717, 1.165) is 24.0 Å². The van der Waals surface area contributed by atoms with Crippen LogP contribution in [0.25, 0.3) is 0 Å². The summed E-state index contributed by atoms with van der Waals surface area (Å²) >= 11 is 0. The molecule has 4 heteroatoms. The highest BCUT2D eigenvalue weighted by Crippen LogP contribution is 2.59. The molecule has 6 atom stereocenters. The van der Waals surface area contributed by atoms with Crippen LogP contribution in [0.2, 0.25) is 0 Å². The molecule has 0 heterocycles. The fraction of sp³-hybridized carbons (Fsp3) is 0.733. The Bertz CT molecular complexity index is 858. The van der Waals surface area contributed by atoms with Gasteiger partial charge >= 0.3 is 0 Å². The molecule has 3 rings (SSSR count). The smallest absolute Gasteiger partial charge is 0.145 e. The van der Waals surface area contributed by atoms with E-state index in [0.29, 0.717) is 37.0 Å².